The smallest absolute Gasteiger partial charge is 0.272 e. The van der Waals surface area contributed by atoms with Crippen molar-refractivity contribution >= 4 is 17.2 Å². The molecule has 1 aromatic carbocycles. The van der Waals surface area contributed by atoms with Crippen LogP contribution < -0.4 is 5.32 Å². The summed E-state index contributed by atoms with van der Waals surface area (Å²) in [7, 11) is 0. The van der Waals surface area contributed by atoms with Crippen LogP contribution in [0.3, 0.4) is 0 Å². The molecule has 0 bridgehead atoms. The molecule has 0 saturated carbocycles. The second-order valence-electron chi connectivity index (χ2n) is 4.84. The number of hydrogen-bond donors (Lipinski definition) is 3. The lowest BCUT2D eigenvalue weighted by Crippen LogP contribution is -2.21. The summed E-state index contributed by atoms with van der Waals surface area (Å²) in [5.41, 5.74) is 2.95. The normalized spacial score (nSPS) is 16.8. The van der Waals surface area contributed by atoms with Gasteiger partial charge in [0.1, 0.15) is 5.75 Å². The molecule has 4 rings (SSSR count). The van der Waals surface area contributed by atoms with Gasteiger partial charge >= 0.3 is 0 Å². The molecule has 0 aliphatic carbocycles. The third-order valence-electron chi connectivity index (χ3n) is 3.55. The largest absolute Gasteiger partial charge is 0.508 e. The van der Waals surface area contributed by atoms with Gasteiger partial charge in [0.15, 0.2) is 5.69 Å². The van der Waals surface area contributed by atoms with Gasteiger partial charge in [-0.05, 0) is 29.1 Å². The van der Waals surface area contributed by atoms with Gasteiger partial charge in [-0.25, -0.2) is 0 Å². The number of carbonyl (C=O) groups excluding carboxylic acids is 1. The molecule has 2 aromatic heterocycles. The van der Waals surface area contributed by atoms with Crippen molar-refractivity contribution in [1.82, 2.24) is 15.5 Å². The number of aromatic nitrogens is 2. The summed E-state index contributed by atoms with van der Waals surface area (Å²) in [5, 5.41) is 21.7. The highest BCUT2D eigenvalue weighted by Crippen LogP contribution is 2.38. The minimum absolute atomic E-state index is 0.177. The summed E-state index contributed by atoms with van der Waals surface area (Å²) in [6, 6.07) is 10.6. The molecule has 1 aliphatic rings. The Hall–Kier alpha value is -2.60. The van der Waals surface area contributed by atoms with Gasteiger partial charge in [-0.1, -0.05) is 18.2 Å². The summed E-state index contributed by atoms with van der Waals surface area (Å²) in [6.07, 6.45) is 0. The summed E-state index contributed by atoms with van der Waals surface area (Å²) in [5.74, 6) is -0.0197. The number of nitrogens with one attached hydrogen (secondary N) is 2. The first-order valence-electron chi connectivity index (χ1n) is 6.46. The molecule has 6 heteroatoms. The number of aromatic hydroxyl groups is 1. The Morgan fingerprint density at radius 1 is 1.24 bits per heavy atom. The molecular formula is C15H11N3O2S. The Labute approximate surface area is 124 Å². The van der Waals surface area contributed by atoms with Gasteiger partial charge in [0.05, 0.1) is 16.6 Å². The van der Waals surface area contributed by atoms with E-state index in [1.165, 1.54) is 0 Å². The van der Waals surface area contributed by atoms with Gasteiger partial charge in [0.25, 0.3) is 5.91 Å². The number of benzene rings is 1. The number of fused-ring (bicyclic) bond motifs is 1. The molecule has 1 amide bonds. The highest BCUT2D eigenvalue weighted by molar-refractivity contribution is 7.13. The number of H-pyrrole nitrogens is 1. The molecule has 0 saturated heterocycles. The molecule has 1 unspecified atom stereocenters. The van der Waals surface area contributed by atoms with E-state index >= 15 is 0 Å². The molecule has 3 N–H and O–H groups in total. The minimum atomic E-state index is -0.296. The maximum Gasteiger partial charge on any atom is 0.272 e. The van der Waals surface area contributed by atoms with Gasteiger partial charge in [0.2, 0.25) is 0 Å². The van der Waals surface area contributed by atoms with Crippen molar-refractivity contribution in [1.29, 1.82) is 0 Å². The maximum absolute atomic E-state index is 12.1. The van der Waals surface area contributed by atoms with Crippen molar-refractivity contribution in [3.8, 4) is 16.3 Å². The number of amides is 1. The molecule has 104 valence electrons. The van der Waals surface area contributed by atoms with Crippen molar-refractivity contribution in [2.75, 3.05) is 0 Å². The van der Waals surface area contributed by atoms with Gasteiger partial charge in [0, 0.05) is 5.56 Å². The lowest BCUT2D eigenvalue weighted by atomic mass is 9.99. The summed E-state index contributed by atoms with van der Waals surface area (Å²) in [4.78, 5) is 13.1. The van der Waals surface area contributed by atoms with E-state index in [0.717, 1.165) is 21.7 Å². The first-order chi connectivity index (χ1) is 10.2. The predicted octanol–water partition coefficient (Wildman–Crippen LogP) is 2.68. The number of nitrogens with zero attached hydrogens (tertiary/aromatic N) is 1. The number of rotatable bonds is 2. The van der Waals surface area contributed by atoms with Crippen molar-refractivity contribution < 1.29 is 9.90 Å². The van der Waals surface area contributed by atoms with Crippen molar-refractivity contribution in [2.24, 2.45) is 0 Å². The van der Waals surface area contributed by atoms with Crippen LogP contribution in [0.4, 0.5) is 0 Å². The van der Waals surface area contributed by atoms with E-state index in [1.54, 1.807) is 29.5 Å². The summed E-state index contributed by atoms with van der Waals surface area (Å²) < 4.78 is 0. The zero-order valence-corrected chi connectivity index (χ0v) is 11.6. The number of phenolic OH excluding ortho intramolecular Hbond substituents is 1. The second-order valence-corrected chi connectivity index (χ2v) is 5.79. The second kappa shape index (κ2) is 4.46. The number of phenols is 1. The van der Waals surface area contributed by atoms with E-state index < -0.39 is 0 Å². The number of thiophene rings is 1. The monoisotopic (exact) mass is 297 g/mol. The van der Waals surface area contributed by atoms with Gasteiger partial charge in [-0.15, -0.1) is 11.3 Å². The molecule has 5 nitrogen and oxygen atoms in total. The lowest BCUT2D eigenvalue weighted by Gasteiger charge is -2.13. The average molecular weight is 297 g/mol. The van der Waals surface area contributed by atoms with E-state index in [2.05, 4.69) is 15.5 Å². The fourth-order valence-corrected chi connectivity index (χ4v) is 3.37. The maximum atomic E-state index is 12.1. The molecule has 3 heterocycles. The average Bonchev–Trinajstić information content (AvgIpc) is 3.16. The number of carbonyl (C=O) groups is 1. The van der Waals surface area contributed by atoms with Crippen LogP contribution in [0.2, 0.25) is 0 Å². The number of aromatic amines is 1. The van der Waals surface area contributed by atoms with Crippen LogP contribution in [0.15, 0.2) is 41.8 Å². The summed E-state index contributed by atoms with van der Waals surface area (Å²) >= 11 is 1.59. The van der Waals surface area contributed by atoms with Crippen LogP contribution in [0.5, 0.6) is 5.75 Å². The lowest BCUT2D eigenvalue weighted by molar-refractivity contribution is 0.0955. The zero-order valence-electron chi connectivity index (χ0n) is 10.8. The van der Waals surface area contributed by atoms with Crippen LogP contribution in [0.1, 0.15) is 27.7 Å². The SMILES string of the molecule is O=C1NC(c2cccc(O)c2)c2c1n[nH]c2-c1cccs1. The van der Waals surface area contributed by atoms with E-state index in [9.17, 15) is 9.90 Å². The fourth-order valence-electron chi connectivity index (χ4n) is 2.64. The Balaban J connectivity index is 1.88. The Bertz CT molecular complexity index is 823. The van der Waals surface area contributed by atoms with Gasteiger partial charge in [-0.3, -0.25) is 9.89 Å². The molecule has 1 aliphatic heterocycles. The molecular weight excluding hydrogens is 286 g/mol. The van der Waals surface area contributed by atoms with E-state index in [0.29, 0.717) is 5.69 Å². The molecule has 3 aromatic rings. The van der Waals surface area contributed by atoms with Gasteiger partial charge < -0.3 is 10.4 Å². The van der Waals surface area contributed by atoms with Crippen LogP contribution in [0.25, 0.3) is 10.6 Å². The minimum Gasteiger partial charge on any atom is -0.508 e. The van der Waals surface area contributed by atoms with Crippen molar-refractivity contribution in [3.63, 3.8) is 0 Å². The molecule has 1 atom stereocenters. The molecule has 21 heavy (non-hydrogen) atoms. The highest BCUT2D eigenvalue weighted by atomic mass is 32.1. The zero-order chi connectivity index (χ0) is 14.4. The highest BCUT2D eigenvalue weighted by Gasteiger charge is 2.36. The van der Waals surface area contributed by atoms with Crippen LogP contribution in [-0.2, 0) is 0 Å². The van der Waals surface area contributed by atoms with E-state index in [-0.39, 0.29) is 17.7 Å². The first kappa shape index (κ1) is 12.2. The molecule has 0 radical (unpaired) electrons. The first-order valence-corrected chi connectivity index (χ1v) is 7.34. The fraction of sp³-hybridized carbons (Fsp3) is 0.0667. The number of hydrogen-bond acceptors (Lipinski definition) is 4. The third kappa shape index (κ3) is 1.84. The third-order valence-corrected chi connectivity index (χ3v) is 4.44. The van der Waals surface area contributed by atoms with Gasteiger partial charge in [-0.2, -0.15) is 5.10 Å². The van der Waals surface area contributed by atoms with E-state index in [4.69, 9.17) is 0 Å². The predicted molar refractivity (Wildman–Crippen MR) is 79.3 cm³/mol. The van der Waals surface area contributed by atoms with E-state index in [1.807, 2.05) is 23.6 Å². The summed E-state index contributed by atoms with van der Waals surface area (Å²) in [6.45, 7) is 0. The van der Waals surface area contributed by atoms with Crippen LogP contribution >= 0.6 is 11.3 Å². The molecule has 0 spiro atoms. The Morgan fingerprint density at radius 3 is 2.90 bits per heavy atom. The Morgan fingerprint density at radius 2 is 2.14 bits per heavy atom. The standard InChI is InChI=1S/C15H11N3O2S/c19-9-4-1-3-8(7-9)12-11-13(10-5-2-6-21-10)17-18-14(11)15(20)16-12/h1-7,12,19H,(H,16,20)(H,17,18). The van der Waals surface area contributed by atoms with Crippen LogP contribution in [0, 0.1) is 0 Å². The Kier molecular flexibility index (Phi) is 2.58. The quantitative estimate of drug-likeness (QED) is 0.680. The topological polar surface area (TPSA) is 78.0 Å². The molecule has 0 fully saturated rings. The van der Waals surface area contributed by atoms with Crippen molar-refractivity contribution in [3.05, 3.63) is 58.6 Å². The van der Waals surface area contributed by atoms with Crippen LogP contribution in [-0.4, -0.2) is 21.2 Å². The van der Waals surface area contributed by atoms with Crippen molar-refractivity contribution in [2.45, 2.75) is 6.04 Å².